The maximum atomic E-state index is 12.5. The Bertz CT molecular complexity index is 1200. The first-order chi connectivity index (χ1) is 15.7. The van der Waals surface area contributed by atoms with Crippen molar-refractivity contribution in [3.05, 3.63) is 34.8 Å². The zero-order chi connectivity index (χ0) is 23.6. The van der Waals surface area contributed by atoms with Crippen LogP contribution in [0.2, 0.25) is 0 Å². The van der Waals surface area contributed by atoms with Crippen molar-refractivity contribution >= 4 is 34.3 Å². The van der Waals surface area contributed by atoms with Crippen LogP contribution in [-0.4, -0.2) is 69.3 Å². The van der Waals surface area contributed by atoms with Crippen LogP contribution in [0.3, 0.4) is 0 Å². The maximum Gasteiger partial charge on any atom is 0.401 e. The van der Waals surface area contributed by atoms with Gasteiger partial charge in [-0.1, -0.05) is 6.07 Å². The van der Waals surface area contributed by atoms with Crippen LogP contribution in [0.15, 0.2) is 29.9 Å². The number of aromatic nitrogens is 4. The molecule has 1 saturated heterocycles. The van der Waals surface area contributed by atoms with E-state index < -0.39 is 24.8 Å². The molecule has 1 atom stereocenters. The molecule has 0 radical (unpaired) electrons. The third-order valence-electron chi connectivity index (χ3n) is 5.06. The van der Waals surface area contributed by atoms with Crippen molar-refractivity contribution < 1.29 is 32.5 Å². The lowest BCUT2D eigenvalue weighted by atomic mass is 10.2. The van der Waals surface area contributed by atoms with E-state index in [4.69, 9.17) is 4.74 Å². The van der Waals surface area contributed by atoms with E-state index in [0.29, 0.717) is 15.7 Å². The third kappa shape index (κ3) is 5.57. The van der Waals surface area contributed by atoms with E-state index in [2.05, 4.69) is 15.4 Å². The van der Waals surface area contributed by atoms with E-state index in [1.165, 1.54) is 16.2 Å². The summed E-state index contributed by atoms with van der Waals surface area (Å²) in [7, 11) is 0. The van der Waals surface area contributed by atoms with Crippen molar-refractivity contribution in [2.75, 3.05) is 31.5 Å². The van der Waals surface area contributed by atoms with E-state index in [1.807, 2.05) is 0 Å². The Morgan fingerprint density at radius 2 is 2.21 bits per heavy atom. The molecule has 2 aromatic heterocycles. The Morgan fingerprint density at radius 1 is 1.39 bits per heavy atom. The van der Waals surface area contributed by atoms with Gasteiger partial charge in [-0.3, -0.25) is 14.7 Å². The molecule has 0 spiro atoms. The molecular formula is C19H20F3N6O4S+. The molecule has 33 heavy (non-hydrogen) atoms. The molecule has 1 aliphatic heterocycles. The first-order valence-corrected chi connectivity index (χ1v) is 10.9. The summed E-state index contributed by atoms with van der Waals surface area (Å²) >= 11 is 1.40. The Morgan fingerprint density at radius 3 is 2.94 bits per heavy atom. The van der Waals surface area contributed by atoms with Gasteiger partial charge < -0.3 is 15.3 Å². The second kappa shape index (κ2) is 9.31. The summed E-state index contributed by atoms with van der Waals surface area (Å²) in [6.07, 6.45) is -3.03. The molecular weight excluding hydrogens is 465 g/mol. The average molecular weight is 485 g/mol. The normalized spacial score (nSPS) is 16.9. The molecule has 1 aliphatic rings. The van der Waals surface area contributed by atoms with E-state index in [-0.39, 0.29) is 43.0 Å². The van der Waals surface area contributed by atoms with Gasteiger partial charge in [0.15, 0.2) is 10.1 Å². The average Bonchev–Trinajstić information content (AvgIpc) is 3.42. The van der Waals surface area contributed by atoms with Crippen LogP contribution in [0.25, 0.3) is 21.5 Å². The molecule has 0 saturated carbocycles. The summed E-state index contributed by atoms with van der Waals surface area (Å²) < 4.78 is 43.7. The number of anilines is 1. The molecule has 0 aliphatic carbocycles. The number of fused-ring (bicyclic) bond motifs is 1. The van der Waals surface area contributed by atoms with Crippen LogP contribution in [0, 0.1) is 4.91 Å². The van der Waals surface area contributed by atoms with Crippen molar-refractivity contribution in [3.63, 3.8) is 0 Å². The summed E-state index contributed by atoms with van der Waals surface area (Å²) in [5.74, 6) is -0.774. The Labute approximate surface area is 188 Å². The molecule has 3 heterocycles. The summed E-state index contributed by atoms with van der Waals surface area (Å²) in [6.45, 7) is -0.805. The first kappa shape index (κ1) is 22.9. The molecule has 1 unspecified atom stereocenters. The molecule has 3 aromatic rings. The van der Waals surface area contributed by atoms with Crippen LogP contribution in [0.4, 0.5) is 19.1 Å². The number of hydrogen-bond donors (Lipinski definition) is 2. The van der Waals surface area contributed by atoms with Gasteiger partial charge in [-0.15, -0.1) is 16.1 Å². The Hall–Kier alpha value is -3.26. The highest BCUT2D eigenvalue weighted by atomic mass is 32.1. The molecule has 1 aromatic carbocycles. The third-order valence-corrected chi connectivity index (χ3v) is 5.88. The largest absolute Gasteiger partial charge is 0.461 e. The van der Waals surface area contributed by atoms with Gasteiger partial charge in [0.05, 0.1) is 33.4 Å². The fraction of sp³-hybridized carbons (Fsp3) is 0.421. The minimum atomic E-state index is -4.30. The summed E-state index contributed by atoms with van der Waals surface area (Å²) in [6, 6.07) is 4.88. The number of thiazole rings is 1. The smallest absolute Gasteiger partial charge is 0.401 e. The monoisotopic (exact) mass is 485 g/mol. The highest BCUT2D eigenvalue weighted by Gasteiger charge is 2.35. The number of benzene rings is 1. The number of carbonyl (C=O) groups is 1. The second-order valence-electron chi connectivity index (χ2n) is 7.51. The zero-order valence-electron chi connectivity index (χ0n) is 17.2. The predicted octanol–water partition coefficient (Wildman–Crippen LogP) is 2.29. The first-order valence-electron chi connectivity index (χ1n) is 10.00. The molecule has 0 bridgehead atoms. The van der Waals surface area contributed by atoms with Crippen molar-refractivity contribution in [2.45, 2.75) is 25.1 Å². The van der Waals surface area contributed by atoms with Crippen LogP contribution in [0.1, 0.15) is 12.8 Å². The van der Waals surface area contributed by atoms with Crippen LogP contribution >= 0.6 is 11.3 Å². The van der Waals surface area contributed by atoms with E-state index in [1.54, 1.807) is 29.9 Å². The minimum Gasteiger partial charge on any atom is -0.461 e. The Balaban J connectivity index is 1.34. The van der Waals surface area contributed by atoms with Crippen molar-refractivity contribution in [1.29, 1.82) is 0 Å². The molecule has 10 nitrogen and oxygen atoms in total. The number of nitrogens with zero attached hydrogens (tertiary/aromatic N) is 5. The molecule has 176 valence electrons. The molecule has 4 rings (SSSR count). The number of alkyl halides is 3. The van der Waals surface area contributed by atoms with Crippen molar-refractivity contribution in [3.8, 4) is 10.4 Å². The fourth-order valence-electron chi connectivity index (χ4n) is 3.59. The van der Waals surface area contributed by atoms with Crippen LogP contribution in [-0.2, 0) is 9.53 Å². The summed E-state index contributed by atoms with van der Waals surface area (Å²) in [5.41, 5.74) is 2.76. The predicted molar refractivity (Wildman–Crippen MR) is 111 cm³/mol. The van der Waals surface area contributed by atoms with Crippen LogP contribution < -0.4 is 9.86 Å². The minimum absolute atomic E-state index is 0.00413. The van der Waals surface area contributed by atoms with Gasteiger partial charge in [-0.2, -0.15) is 13.2 Å². The second-order valence-corrected chi connectivity index (χ2v) is 8.39. The lowest BCUT2D eigenvalue weighted by Gasteiger charge is -2.17. The molecule has 0 amide bonds. The molecule has 2 N–H and O–H groups in total. The van der Waals surface area contributed by atoms with E-state index in [9.17, 15) is 28.1 Å². The van der Waals surface area contributed by atoms with Gasteiger partial charge in [-0.25, -0.2) is 0 Å². The number of carbonyl (C=O) groups excluding carboxylic acids is 1. The zero-order valence-corrected chi connectivity index (χ0v) is 18.0. The number of halogens is 3. The highest BCUT2D eigenvalue weighted by Crippen LogP contribution is 2.26. The van der Waals surface area contributed by atoms with Crippen molar-refractivity contribution in [1.82, 2.24) is 19.7 Å². The number of esters is 1. The standard InChI is InChI=1S/C19H20F3N6O4S/c20-19(21,22)10-26-6-4-13(9-26)32-17(29)3-5-24-18-25-28(31)15-7-12(16-8-23-11-33-16)1-2-14(15)27(18)30/h1-2,7-8,11,13,30H,3-6,9-10H2,(H,24,25,31)/q+1. The number of ether oxygens (including phenoxy) is 1. The lowest BCUT2D eigenvalue weighted by molar-refractivity contribution is -0.535. The topological polar surface area (TPSA) is 115 Å². The van der Waals surface area contributed by atoms with Gasteiger partial charge in [0.1, 0.15) is 6.10 Å². The van der Waals surface area contributed by atoms with E-state index >= 15 is 0 Å². The quantitative estimate of drug-likeness (QED) is 0.298. The maximum absolute atomic E-state index is 12.5. The Kier molecular flexibility index (Phi) is 6.47. The fourth-order valence-corrected chi connectivity index (χ4v) is 4.21. The van der Waals surface area contributed by atoms with Gasteiger partial charge >= 0.3 is 23.6 Å². The van der Waals surface area contributed by atoms with Gasteiger partial charge in [0.2, 0.25) is 0 Å². The van der Waals surface area contributed by atoms with Crippen molar-refractivity contribution in [2.24, 2.45) is 0 Å². The number of rotatable bonds is 7. The lowest BCUT2D eigenvalue weighted by Crippen LogP contribution is -2.33. The molecule has 14 heteroatoms. The summed E-state index contributed by atoms with van der Waals surface area (Å²) in [4.78, 5) is 30.5. The SMILES string of the molecule is O=C(CCNc1n[n+](=O)c2cc(-c3cncs3)ccc2n1O)OC1CCN(CC(F)(F)F)C1. The van der Waals surface area contributed by atoms with Crippen LogP contribution in [0.5, 0.6) is 0 Å². The number of nitrogens with one attached hydrogen (secondary N) is 1. The molecule has 1 fully saturated rings. The highest BCUT2D eigenvalue weighted by molar-refractivity contribution is 7.13. The van der Waals surface area contributed by atoms with Gasteiger partial charge in [-0.05, 0) is 12.5 Å². The number of hydrogen-bond acceptors (Lipinski definition) is 9. The number of likely N-dealkylation sites (tertiary alicyclic amines) is 1. The van der Waals surface area contributed by atoms with Gasteiger partial charge in [0.25, 0.3) is 0 Å². The summed E-state index contributed by atoms with van der Waals surface area (Å²) in [5, 5.41) is 16.9. The van der Waals surface area contributed by atoms with Gasteiger partial charge in [0, 0.05) is 37.5 Å². The van der Waals surface area contributed by atoms with E-state index in [0.717, 1.165) is 10.4 Å².